The number of ether oxygens (including phenoxy) is 1. The van der Waals surface area contributed by atoms with E-state index in [0.29, 0.717) is 18.8 Å². The van der Waals surface area contributed by atoms with Crippen molar-refractivity contribution in [3.05, 3.63) is 23.8 Å². The van der Waals surface area contributed by atoms with E-state index in [0.717, 1.165) is 24.4 Å². The summed E-state index contributed by atoms with van der Waals surface area (Å²) < 4.78 is 37.6. The van der Waals surface area contributed by atoms with E-state index in [4.69, 9.17) is 8.92 Å². The molecule has 0 radical (unpaired) electrons. The molecule has 1 unspecified atom stereocenters. The molecule has 0 amide bonds. The summed E-state index contributed by atoms with van der Waals surface area (Å²) in [6.45, 7) is 10.7. The van der Waals surface area contributed by atoms with Gasteiger partial charge in [0.15, 0.2) is 6.23 Å². The Kier molecular flexibility index (Phi) is 5.01. The minimum Gasteiger partial charge on any atom is -0.474 e. The summed E-state index contributed by atoms with van der Waals surface area (Å²) in [6, 6.07) is 5.30. The van der Waals surface area contributed by atoms with Crippen LogP contribution >= 0.6 is 0 Å². The van der Waals surface area contributed by atoms with Gasteiger partial charge in [-0.2, -0.15) is 12.7 Å². The van der Waals surface area contributed by atoms with Crippen LogP contribution in [0.3, 0.4) is 0 Å². The zero-order valence-electron chi connectivity index (χ0n) is 15.5. The summed E-state index contributed by atoms with van der Waals surface area (Å²) in [4.78, 5) is 2.37. The van der Waals surface area contributed by atoms with Gasteiger partial charge in [-0.25, -0.2) is 0 Å². The van der Waals surface area contributed by atoms with Crippen molar-refractivity contribution in [1.29, 1.82) is 0 Å². The Balaban J connectivity index is 1.85. The molecule has 2 heterocycles. The molecule has 2 aliphatic heterocycles. The van der Waals surface area contributed by atoms with Crippen LogP contribution in [-0.4, -0.2) is 50.0 Å². The highest BCUT2D eigenvalue weighted by Crippen LogP contribution is 2.46. The number of rotatable bonds is 6. The fourth-order valence-corrected chi connectivity index (χ4v) is 4.87. The van der Waals surface area contributed by atoms with Crippen molar-refractivity contribution in [3.8, 4) is 11.5 Å². The zero-order chi connectivity index (χ0) is 18.2. The van der Waals surface area contributed by atoms with Crippen LogP contribution in [0.2, 0.25) is 0 Å². The van der Waals surface area contributed by atoms with Gasteiger partial charge < -0.3 is 8.92 Å². The largest absolute Gasteiger partial charge is 0.474 e. The second-order valence-electron chi connectivity index (χ2n) is 7.22. The lowest BCUT2D eigenvalue weighted by atomic mass is 9.83. The fourth-order valence-electron chi connectivity index (χ4n) is 3.79. The van der Waals surface area contributed by atoms with Crippen LogP contribution in [0.25, 0.3) is 0 Å². The summed E-state index contributed by atoms with van der Waals surface area (Å²) in [6.07, 6.45) is 2.38. The number of benzene rings is 1. The molecule has 0 bridgehead atoms. The predicted octanol–water partition coefficient (Wildman–Crippen LogP) is 2.74. The molecule has 140 valence electrons. The van der Waals surface area contributed by atoms with Crippen LogP contribution in [0.4, 0.5) is 0 Å². The van der Waals surface area contributed by atoms with Crippen molar-refractivity contribution in [1.82, 2.24) is 9.21 Å². The molecule has 1 fully saturated rings. The predicted molar refractivity (Wildman–Crippen MR) is 97.2 cm³/mol. The normalized spacial score (nSPS) is 22.8. The summed E-state index contributed by atoms with van der Waals surface area (Å²) in [5.41, 5.74) is 0.773. The second kappa shape index (κ2) is 6.78. The number of hydrogen-bond donors (Lipinski definition) is 0. The van der Waals surface area contributed by atoms with E-state index in [1.165, 1.54) is 17.1 Å². The second-order valence-corrected chi connectivity index (χ2v) is 8.76. The van der Waals surface area contributed by atoms with Gasteiger partial charge in [-0.15, -0.1) is 0 Å². The van der Waals surface area contributed by atoms with Gasteiger partial charge in [-0.1, -0.05) is 27.7 Å². The average molecular weight is 368 g/mol. The summed E-state index contributed by atoms with van der Waals surface area (Å²) in [7, 11) is -3.78. The fraction of sp³-hybridized carbons (Fsp3) is 0.667. The van der Waals surface area contributed by atoms with Gasteiger partial charge >= 0.3 is 10.3 Å². The molecule has 1 aromatic rings. The van der Waals surface area contributed by atoms with Crippen molar-refractivity contribution in [2.45, 2.75) is 52.2 Å². The molecule has 6 nitrogen and oxygen atoms in total. The standard InChI is InChI=1S/C18H28N2O4S/c1-5-20(6-2)25(21,22)24-14-9-10-16-15(13-14)18(3,4)17(23-16)19-11-7-8-12-19/h9-10,13,17H,5-8,11-12H2,1-4H3. The lowest BCUT2D eigenvalue weighted by Crippen LogP contribution is -2.46. The number of hydrogen-bond acceptors (Lipinski definition) is 5. The Morgan fingerprint density at radius 3 is 2.48 bits per heavy atom. The molecule has 25 heavy (non-hydrogen) atoms. The first-order valence-corrected chi connectivity index (χ1v) is 10.4. The van der Waals surface area contributed by atoms with Crippen molar-refractivity contribution < 1.29 is 17.3 Å². The first-order chi connectivity index (χ1) is 11.8. The van der Waals surface area contributed by atoms with Crippen LogP contribution in [0.5, 0.6) is 11.5 Å². The minimum atomic E-state index is -3.78. The third-order valence-electron chi connectivity index (χ3n) is 5.20. The van der Waals surface area contributed by atoms with Crippen molar-refractivity contribution in [3.63, 3.8) is 0 Å². The molecule has 0 saturated carbocycles. The molecule has 0 N–H and O–H groups in total. The number of fused-ring (bicyclic) bond motifs is 1. The molecule has 1 aromatic carbocycles. The Morgan fingerprint density at radius 1 is 1.24 bits per heavy atom. The first-order valence-electron chi connectivity index (χ1n) is 9.04. The lowest BCUT2D eigenvalue weighted by Gasteiger charge is -2.33. The van der Waals surface area contributed by atoms with E-state index in [-0.39, 0.29) is 11.6 Å². The van der Waals surface area contributed by atoms with Gasteiger partial charge in [0, 0.05) is 37.2 Å². The minimum absolute atomic E-state index is 0.0142. The van der Waals surface area contributed by atoms with E-state index in [9.17, 15) is 8.42 Å². The topological polar surface area (TPSA) is 59.1 Å². The van der Waals surface area contributed by atoms with E-state index in [2.05, 4.69) is 18.7 Å². The molecule has 2 aliphatic rings. The molecule has 1 atom stereocenters. The molecule has 3 rings (SSSR count). The van der Waals surface area contributed by atoms with Gasteiger partial charge in [0.1, 0.15) is 11.5 Å². The monoisotopic (exact) mass is 368 g/mol. The Morgan fingerprint density at radius 2 is 1.88 bits per heavy atom. The molecular formula is C18H28N2O4S. The third kappa shape index (κ3) is 3.37. The summed E-state index contributed by atoms with van der Waals surface area (Å²) >= 11 is 0. The molecule has 0 aliphatic carbocycles. The van der Waals surface area contributed by atoms with Crippen molar-refractivity contribution in [2.75, 3.05) is 26.2 Å². The van der Waals surface area contributed by atoms with Crippen LogP contribution in [0, 0.1) is 0 Å². The number of nitrogens with zero attached hydrogens (tertiary/aromatic N) is 2. The van der Waals surface area contributed by atoms with E-state index in [1.807, 2.05) is 12.1 Å². The van der Waals surface area contributed by atoms with Crippen LogP contribution < -0.4 is 8.92 Å². The van der Waals surface area contributed by atoms with Crippen LogP contribution in [0.15, 0.2) is 18.2 Å². The molecular weight excluding hydrogens is 340 g/mol. The maximum atomic E-state index is 12.4. The molecule has 7 heteroatoms. The van der Waals surface area contributed by atoms with Gasteiger partial charge in [0.05, 0.1) is 0 Å². The van der Waals surface area contributed by atoms with Crippen molar-refractivity contribution >= 4 is 10.3 Å². The summed E-state index contributed by atoms with van der Waals surface area (Å²) in [5.74, 6) is 1.15. The molecule has 1 saturated heterocycles. The highest BCUT2D eigenvalue weighted by Gasteiger charge is 2.45. The smallest absolute Gasteiger partial charge is 0.385 e. The maximum absolute atomic E-state index is 12.4. The first kappa shape index (κ1) is 18.5. The third-order valence-corrected chi connectivity index (χ3v) is 6.75. The SMILES string of the molecule is CCN(CC)S(=O)(=O)Oc1ccc2c(c1)C(C)(C)C(N1CCCC1)O2. The van der Waals surface area contributed by atoms with Crippen molar-refractivity contribution in [2.24, 2.45) is 0 Å². The zero-order valence-corrected chi connectivity index (χ0v) is 16.3. The van der Waals surface area contributed by atoms with Crippen LogP contribution in [0.1, 0.15) is 46.1 Å². The average Bonchev–Trinajstić information content (AvgIpc) is 3.15. The van der Waals surface area contributed by atoms with Gasteiger partial charge in [0.2, 0.25) is 0 Å². The molecule has 0 spiro atoms. The van der Waals surface area contributed by atoms with Gasteiger partial charge in [-0.05, 0) is 31.0 Å². The highest BCUT2D eigenvalue weighted by atomic mass is 32.2. The van der Waals surface area contributed by atoms with Gasteiger partial charge in [-0.3, -0.25) is 4.90 Å². The molecule has 0 aromatic heterocycles. The Labute approximate surface area is 151 Å². The number of likely N-dealkylation sites (tertiary alicyclic amines) is 1. The Bertz CT molecular complexity index is 723. The van der Waals surface area contributed by atoms with E-state index < -0.39 is 10.3 Å². The summed E-state index contributed by atoms with van der Waals surface area (Å²) in [5, 5.41) is 0. The van der Waals surface area contributed by atoms with Gasteiger partial charge in [0.25, 0.3) is 0 Å². The Hall–Kier alpha value is -1.31. The highest BCUT2D eigenvalue weighted by molar-refractivity contribution is 7.84. The lowest BCUT2D eigenvalue weighted by molar-refractivity contribution is 0.0143. The van der Waals surface area contributed by atoms with Crippen LogP contribution in [-0.2, 0) is 15.7 Å². The maximum Gasteiger partial charge on any atom is 0.385 e. The van der Waals surface area contributed by atoms with E-state index >= 15 is 0 Å². The van der Waals surface area contributed by atoms with E-state index in [1.54, 1.807) is 19.9 Å². The quantitative estimate of drug-likeness (QED) is 0.773.